The average molecular weight is 398 g/mol. The fourth-order valence-electron chi connectivity index (χ4n) is 4.33. The highest BCUT2D eigenvalue weighted by Crippen LogP contribution is 2.31. The Morgan fingerprint density at radius 3 is 2.61 bits per heavy atom. The Balaban J connectivity index is 1.47. The number of carbonyl (C=O) groups is 3. The highest BCUT2D eigenvalue weighted by Gasteiger charge is 2.47. The first kappa shape index (κ1) is 20.7. The maximum absolute atomic E-state index is 12.5. The highest BCUT2D eigenvalue weighted by atomic mass is 16.7. The molecular weight excluding hydrogens is 368 g/mol. The summed E-state index contributed by atoms with van der Waals surface area (Å²) in [6.07, 6.45) is 2.17. The standard InChI is InChI=1S/C18H30N4O6/c1-18(2,3)21(17(25)26)9-11-4-6-13(8-11)28-19-15(23)14-7-5-12-10-20(14)16(24)22(12)27/h11-14,27H,4-10H2,1-3H3,(H,19,23)(H,25,26)/t11-,12+,13-,14-/m0/s1. The van der Waals surface area contributed by atoms with Crippen LogP contribution in [0.4, 0.5) is 9.59 Å². The molecule has 1 aliphatic carbocycles. The Labute approximate surface area is 164 Å². The van der Waals surface area contributed by atoms with Gasteiger partial charge in [-0.15, -0.1) is 0 Å². The lowest BCUT2D eigenvalue weighted by atomic mass is 10.0. The minimum absolute atomic E-state index is 0.176. The van der Waals surface area contributed by atoms with Gasteiger partial charge in [-0.25, -0.2) is 20.1 Å². The van der Waals surface area contributed by atoms with Gasteiger partial charge in [0.25, 0.3) is 5.91 Å². The Kier molecular flexibility index (Phi) is 5.72. The number of fused-ring (bicyclic) bond motifs is 2. The molecule has 4 amide bonds. The summed E-state index contributed by atoms with van der Waals surface area (Å²) in [6.45, 7) is 6.38. The van der Waals surface area contributed by atoms with E-state index < -0.39 is 23.7 Å². The largest absolute Gasteiger partial charge is 0.465 e. The number of nitrogens with zero attached hydrogens (tertiary/aromatic N) is 3. The maximum atomic E-state index is 12.5. The molecular formula is C18H30N4O6. The number of nitrogens with one attached hydrogen (secondary N) is 1. The fourth-order valence-corrected chi connectivity index (χ4v) is 4.33. The topological polar surface area (TPSA) is 123 Å². The van der Waals surface area contributed by atoms with Crippen LogP contribution in [-0.2, 0) is 9.63 Å². The number of amides is 4. The summed E-state index contributed by atoms with van der Waals surface area (Å²) < 4.78 is 0. The first-order valence-electron chi connectivity index (χ1n) is 9.82. The summed E-state index contributed by atoms with van der Waals surface area (Å²) in [5, 5.41) is 19.8. The summed E-state index contributed by atoms with van der Waals surface area (Å²) in [5.74, 6) is -0.205. The molecule has 3 fully saturated rings. The van der Waals surface area contributed by atoms with Crippen LogP contribution in [0.3, 0.4) is 0 Å². The zero-order valence-corrected chi connectivity index (χ0v) is 16.6. The van der Waals surface area contributed by atoms with Gasteiger partial charge < -0.3 is 14.9 Å². The van der Waals surface area contributed by atoms with Gasteiger partial charge >= 0.3 is 12.1 Å². The molecule has 0 unspecified atom stereocenters. The molecule has 0 spiro atoms. The predicted molar refractivity (Wildman–Crippen MR) is 97.4 cm³/mol. The zero-order valence-electron chi connectivity index (χ0n) is 16.6. The van der Waals surface area contributed by atoms with E-state index in [1.807, 2.05) is 20.8 Å². The van der Waals surface area contributed by atoms with Crippen molar-refractivity contribution in [3.8, 4) is 0 Å². The van der Waals surface area contributed by atoms with Crippen LogP contribution in [0.25, 0.3) is 0 Å². The SMILES string of the molecule is CC(C)(C)N(C[C@H]1CC[C@H](ONC(=O)[C@@H]2CC[C@@H]3CN2C(=O)N3O)C1)C(=O)O. The van der Waals surface area contributed by atoms with E-state index in [-0.39, 0.29) is 24.0 Å². The van der Waals surface area contributed by atoms with Crippen molar-refractivity contribution < 1.29 is 29.5 Å². The molecule has 28 heavy (non-hydrogen) atoms. The lowest BCUT2D eigenvalue weighted by molar-refractivity contribution is -0.143. The van der Waals surface area contributed by atoms with E-state index in [2.05, 4.69) is 5.48 Å². The third-order valence-electron chi connectivity index (χ3n) is 5.95. The summed E-state index contributed by atoms with van der Waals surface area (Å²) in [4.78, 5) is 44.3. The molecule has 0 aromatic heterocycles. The van der Waals surface area contributed by atoms with E-state index in [4.69, 9.17) is 4.84 Å². The van der Waals surface area contributed by atoms with Gasteiger partial charge in [0, 0.05) is 18.6 Å². The molecule has 1 saturated carbocycles. The number of hydrogen-bond acceptors (Lipinski definition) is 5. The molecule has 3 aliphatic rings. The number of urea groups is 1. The minimum atomic E-state index is -0.936. The van der Waals surface area contributed by atoms with Gasteiger partial charge in [-0.05, 0) is 58.8 Å². The number of piperidine rings is 1. The molecule has 3 N–H and O–H groups in total. The van der Waals surface area contributed by atoms with Crippen LogP contribution in [0.15, 0.2) is 0 Å². The second-order valence-corrected chi connectivity index (χ2v) is 8.98. The molecule has 0 radical (unpaired) electrons. The molecule has 3 rings (SSSR count). The molecule has 2 aliphatic heterocycles. The monoisotopic (exact) mass is 398 g/mol. The van der Waals surface area contributed by atoms with Crippen LogP contribution in [0.2, 0.25) is 0 Å². The van der Waals surface area contributed by atoms with Crippen molar-refractivity contribution in [2.45, 2.75) is 76.6 Å². The summed E-state index contributed by atoms with van der Waals surface area (Å²) >= 11 is 0. The Hall–Kier alpha value is -2.07. The molecule has 0 aromatic carbocycles. The third-order valence-corrected chi connectivity index (χ3v) is 5.95. The van der Waals surface area contributed by atoms with Crippen LogP contribution in [-0.4, -0.2) is 80.0 Å². The Bertz CT molecular complexity index is 636. The van der Waals surface area contributed by atoms with Gasteiger partial charge in [-0.2, -0.15) is 0 Å². The first-order chi connectivity index (χ1) is 13.1. The van der Waals surface area contributed by atoms with E-state index in [9.17, 15) is 24.7 Å². The molecule has 2 saturated heterocycles. The number of rotatable bonds is 5. The molecule has 158 valence electrons. The zero-order chi connectivity index (χ0) is 20.6. The van der Waals surface area contributed by atoms with Crippen LogP contribution in [0.1, 0.15) is 52.9 Å². The number of carbonyl (C=O) groups excluding carboxylic acids is 2. The quantitative estimate of drug-likeness (QED) is 0.478. The predicted octanol–water partition coefficient (Wildman–Crippen LogP) is 1.64. The Morgan fingerprint density at radius 1 is 1.25 bits per heavy atom. The van der Waals surface area contributed by atoms with Gasteiger partial charge in [-0.1, -0.05) is 0 Å². The first-order valence-corrected chi connectivity index (χ1v) is 9.82. The van der Waals surface area contributed by atoms with Gasteiger partial charge in [0.05, 0.1) is 12.1 Å². The van der Waals surface area contributed by atoms with Crippen LogP contribution in [0, 0.1) is 5.92 Å². The van der Waals surface area contributed by atoms with Crippen molar-refractivity contribution in [1.82, 2.24) is 20.3 Å². The van der Waals surface area contributed by atoms with E-state index in [1.54, 1.807) is 0 Å². The second kappa shape index (κ2) is 7.75. The Morgan fingerprint density at radius 2 is 1.96 bits per heavy atom. The number of hydroxylamine groups is 3. The summed E-state index contributed by atoms with van der Waals surface area (Å²) in [6, 6.07) is -1.42. The third kappa shape index (κ3) is 4.17. The summed E-state index contributed by atoms with van der Waals surface area (Å²) in [5.41, 5.74) is 2.00. The van der Waals surface area contributed by atoms with Crippen molar-refractivity contribution in [2.75, 3.05) is 13.1 Å². The normalized spacial score (nSPS) is 29.9. The van der Waals surface area contributed by atoms with Crippen LogP contribution >= 0.6 is 0 Å². The highest BCUT2D eigenvalue weighted by molar-refractivity contribution is 5.87. The molecule has 10 heteroatoms. The smallest absolute Gasteiger partial charge is 0.407 e. The van der Waals surface area contributed by atoms with Crippen LogP contribution in [0.5, 0.6) is 0 Å². The number of hydrogen-bond donors (Lipinski definition) is 3. The van der Waals surface area contributed by atoms with Gasteiger partial charge in [0.2, 0.25) is 0 Å². The van der Waals surface area contributed by atoms with Crippen molar-refractivity contribution in [1.29, 1.82) is 0 Å². The van der Waals surface area contributed by atoms with Crippen molar-refractivity contribution in [2.24, 2.45) is 5.92 Å². The van der Waals surface area contributed by atoms with Gasteiger partial charge in [0.15, 0.2) is 0 Å². The second-order valence-electron chi connectivity index (χ2n) is 8.98. The summed E-state index contributed by atoms with van der Waals surface area (Å²) in [7, 11) is 0. The molecule has 2 bridgehead atoms. The molecule has 0 aromatic rings. The van der Waals surface area contributed by atoms with Gasteiger partial charge in [0.1, 0.15) is 6.04 Å². The van der Waals surface area contributed by atoms with Crippen molar-refractivity contribution >= 4 is 18.0 Å². The van der Waals surface area contributed by atoms with E-state index in [0.717, 1.165) is 12.8 Å². The van der Waals surface area contributed by atoms with Crippen LogP contribution < -0.4 is 5.48 Å². The molecule has 2 heterocycles. The molecule has 10 nitrogen and oxygen atoms in total. The lowest BCUT2D eigenvalue weighted by Gasteiger charge is -2.35. The van der Waals surface area contributed by atoms with Gasteiger partial charge in [-0.3, -0.25) is 14.8 Å². The minimum Gasteiger partial charge on any atom is -0.465 e. The maximum Gasteiger partial charge on any atom is 0.407 e. The fraction of sp³-hybridized carbons (Fsp3) is 0.833. The van der Waals surface area contributed by atoms with Crippen molar-refractivity contribution in [3.63, 3.8) is 0 Å². The number of carboxylic acid groups (broad SMARTS) is 1. The van der Waals surface area contributed by atoms with E-state index in [1.165, 1.54) is 9.80 Å². The van der Waals surface area contributed by atoms with Crippen molar-refractivity contribution in [3.05, 3.63) is 0 Å². The lowest BCUT2D eigenvalue weighted by Crippen LogP contribution is -2.50. The van der Waals surface area contributed by atoms with E-state index >= 15 is 0 Å². The van der Waals surface area contributed by atoms with E-state index in [0.29, 0.717) is 37.4 Å². The molecule has 4 atom stereocenters. The average Bonchev–Trinajstić information content (AvgIpc) is 3.16.